The van der Waals surface area contributed by atoms with E-state index >= 15 is 0 Å². The number of aryl methyl sites for hydroxylation is 1. The van der Waals surface area contributed by atoms with Crippen molar-refractivity contribution in [3.8, 4) is 11.5 Å². The molecular formula is C28H26Cl2N2O3S. The van der Waals surface area contributed by atoms with E-state index in [1.165, 1.54) is 11.8 Å². The molecule has 4 rings (SSSR count). The summed E-state index contributed by atoms with van der Waals surface area (Å²) in [6.07, 6.45) is 2.65. The number of amidine groups is 1. The van der Waals surface area contributed by atoms with Crippen molar-refractivity contribution in [3.05, 3.63) is 92.3 Å². The van der Waals surface area contributed by atoms with Crippen LogP contribution >= 0.6 is 35.0 Å². The molecule has 1 aliphatic rings. The number of ether oxygens (including phenoxy) is 2. The van der Waals surface area contributed by atoms with Crippen LogP contribution in [-0.4, -0.2) is 29.6 Å². The number of hydrogen-bond acceptors (Lipinski definition) is 5. The van der Waals surface area contributed by atoms with Crippen LogP contribution in [0.25, 0.3) is 6.08 Å². The Morgan fingerprint density at radius 2 is 1.86 bits per heavy atom. The number of nitrogens with zero attached hydrogens (tertiary/aromatic N) is 2. The Morgan fingerprint density at radius 1 is 1.08 bits per heavy atom. The van der Waals surface area contributed by atoms with Crippen LogP contribution in [0.3, 0.4) is 0 Å². The lowest BCUT2D eigenvalue weighted by Crippen LogP contribution is -2.29. The van der Waals surface area contributed by atoms with Crippen molar-refractivity contribution in [3.63, 3.8) is 0 Å². The Labute approximate surface area is 225 Å². The van der Waals surface area contributed by atoms with Crippen LogP contribution in [0.1, 0.15) is 30.0 Å². The first-order chi connectivity index (χ1) is 17.4. The van der Waals surface area contributed by atoms with Crippen molar-refractivity contribution in [2.45, 2.75) is 26.9 Å². The Balaban J connectivity index is 1.66. The molecule has 1 saturated heterocycles. The fourth-order valence-electron chi connectivity index (χ4n) is 3.63. The van der Waals surface area contributed by atoms with Crippen LogP contribution in [0.2, 0.25) is 10.0 Å². The fraction of sp³-hybridized carbons (Fsp3) is 0.214. The van der Waals surface area contributed by atoms with Crippen molar-refractivity contribution in [1.29, 1.82) is 0 Å². The quantitative estimate of drug-likeness (QED) is 0.272. The summed E-state index contributed by atoms with van der Waals surface area (Å²) in [4.78, 5) is 20.4. The molecule has 0 unspecified atom stereocenters. The predicted octanol–water partition coefficient (Wildman–Crippen LogP) is 7.90. The van der Waals surface area contributed by atoms with Crippen molar-refractivity contribution in [2.75, 3.05) is 13.7 Å². The number of para-hydroxylation sites is 1. The lowest BCUT2D eigenvalue weighted by atomic mass is 10.1. The monoisotopic (exact) mass is 540 g/mol. The van der Waals surface area contributed by atoms with Crippen LogP contribution in [0.5, 0.6) is 11.5 Å². The second-order valence-corrected chi connectivity index (χ2v) is 10.1. The molecule has 0 saturated carbocycles. The molecule has 0 aliphatic carbocycles. The van der Waals surface area contributed by atoms with E-state index in [0.29, 0.717) is 38.2 Å². The maximum absolute atomic E-state index is 13.3. The van der Waals surface area contributed by atoms with E-state index in [2.05, 4.69) is 0 Å². The van der Waals surface area contributed by atoms with Gasteiger partial charge in [0.25, 0.3) is 5.91 Å². The van der Waals surface area contributed by atoms with Gasteiger partial charge in [-0.25, -0.2) is 4.99 Å². The molecule has 0 radical (unpaired) electrons. The minimum absolute atomic E-state index is 0.0813. The molecular weight excluding hydrogens is 515 g/mol. The van der Waals surface area contributed by atoms with E-state index < -0.39 is 0 Å². The van der Waals surface area contributed by atoms with Gasteiger partial charge in [-0.2, -0.15) is 0 Å². The standard InChI is InChI=1S/C28H26Cl2N2O3S/c1-4-14-32-27(33)25(36-28(32)31-22-12-8-18(2)9-13-22)15-19-6-5-7-24(34-3)26(19)35-17-20-10-11-21(29)16-23(20)30/h5-13,15-16H,4,14,17H2,1-3H3/b25-15+,31-28?. The first-order valence-corrected chi connectivity index (χ1v) is 13.1. The van der Waals surface area contributed by atoms with E-state index in [-0.39, 0.29) is 12.5 Å². The fourth-order valence-corrected chi connectivity index (χ4v) is 5.11. The summed E-state index contributed by atoms with van der Waals surface area (Å²) < 4.78 is 11.7. The third kappa shape index (κ3) is 6.06. The van der Waals surface area contributed by atoms with E-state index in [9.17, 15) is 4.79 Å². The number of hydrogen-bond donors (Lipinski definition) is 0. The zero-order valence-electron chi connectivity index (χ0n) is 20.3. The molecule has 0 aromatic heterocycles. The van der Waals surface area contributed by atoms with Crippen LogP contribution < -0.4 is 9.47 Å². The highest BCUT2D eigenvalue weighted by atomic mass is 35.5. The van der Waals surface area contributed by atoms with E-state index in [0.717, 1.165) is 28.8 Å². The van der Waals surface area contributed by atoms with Gasteiger partial charge in [0.15, 0.2) is 16.7 Å². The highest BCUT2D eigenvalue weighted by Gasteiger charge is 2.33. The van der Waals surface area contributed by atoms with Crippen LogP contribution in [0.4, 0.5) is 5.69 Å². The SMILES string of the molecule is CCCN1C(=O)/C(=C\c2cccc(OC)c2OCc2ccc(Cl)cc2Cl)SC1=Nc1ccc(C)cc1. The summed E-state index contributed by atoms with van der Waals surface area (Å²) in [5, 5.41) is 1.74. The smallest absolute Gasteiger partial charge is 0.266 e. The molecule has 3 aromatic carbocycles. The average Bonchev–Trinajstić information content (AvgIpc) is 3.14. The van der Waals surface area contributed by atoms with Gasteiger partial charge in [0.1, 0.15) is 6.61 Å². The largest absolute Gasteiger partial charge is 0.493 e. The molecule has 186 valence electrons. The Morgan fingerprint density at radius 3 is 2.56 bits per heavy atom. The highest BCUT2D eigenvalue weighted by Crippen LogP contribution is 2.39. The molecule has 0 bridgehead atoms. The van der Waals surface area contributed by atoms with Gasteiger partial charge in [-0.3, -0.25) is 9.69 Å². The minimum atomic E-state index is -0.0813. The van der Waals surface area contributed by atoms with Crippen LogP contribution in [0.15, 0.2) is 70.6 Å². The topological polar surface area (TPSA) is 51.1 Å². The van der Waals surface area contributed by atoms with E-state index in [1.807, 2.05) is 68.5 Å². The number of carbonyl (C=O) groups is 1. The molecule has 5 nitrogen and oxygen atoms in total. The van der Waals surface area contributed by atoms with E-state index in [4.69, 9.17) is 37.7 Å². The summed E-state index contributed by atoms with van der Waals surface area (Å²) in [5.74, 6) is 1.00. The molecule has 0 N–H and O–H groups in total. The molecule has 1 fully saturated rings. The average molecular weight is 542 g/mol. The Bertz CT molecular complexity index is 1320. The molecule has 1 heterocycles. The number of aliphatic imine (C=N–C) groups is 1. The van der Waals surface area contributed by atoms with Crippen molar-refractivity contribution in [2.24, 2.45) is 4.99 Å². The molecule has 1 aliphatic heterocycles. The summed E-state index contributed by atoms with van der Waals surface area (Å²) in [5.41, 5.74) is 3.48. The van der Waals surface area contributed by atoms with Crippen molar-refractivity contribution < 1.29 is 14.3 Å². The first kappa shape index (κ1) is 26.1. The molecule has 8 heteroatoms. The van der Waals surface area contributed by atoms with Gasteiger partial charge in [-0.1, -0.05) is 66.0 Å². The molecule has 36 heavy (non-hydrogen) atoms. The number of rotatable bonds is 8. The molecule has 3 aromatic rings. The Hall–Kier alpha value is -2.93. The molecule has 0 atom stereocenters. The predicted molar refractivity (Wildman–Crippen MR) is 150 cm³/mol. The van der Waals surface area contributed by atoms with Crippen molar-refractivity contribution in [1.82, 2.24) is 4.90 Å². The lowest BCUT2D eigenvalue weighted by Gasteiger charge is -2.15. The minimum Gasteiger partial charge on any atom is -0.493 e. The van der Waals surface area contributed by atoms with Gasteiger partial charge in [-0.05, 0) is 61.5 Å². The number of benzene rings is 3. The second kappa shape index (κ2) is 11.9. The van der Waals surface area contributed by atoms with Gasteiger partial charge < -0.3 is 9.47 Å². The first-order valence-electron chi connectivity index (χ1n) is 11.5. The maximum atomic E-state index is 13.3. The third-order valence-electron chi connectivity index (χ3n) is 5.50. The van der Waals surface area contributed by atoms with Crippen molar-refractivity contribution >= 4 is 57.8 Å². The summed E-state index contributed by atoms with van der Waals surface area (Å²) in [6.45, 7) is 4.88. The maximum Gasteiger partial charge on any atom is 0.266 e. The van der Waals surface area contributed by atoms with Crippen LogP contribution in [0, 0.1) is 6.92 Å². The number of methoxy groups -OCH3 is 1. The summed E-state index contributed by atoms with van der Waals surface area (Å²) in [7, 11) is 1.58. The number of carbonyl (C=O) groups excluding carboxylic acids is 1. The van der Waals surface area contributed by atoms with Gasteiger partial charge >= 0.3 is 0 Å². The lowest BCUT2D eigenvalue weighted by molar-refractivity contribution is -0.122. The Kier molecular flexibility index (Phi) is 8.62. The van der Waals surface area contributed by atoms with Gasteiger partial charge in [0.05, 0.1) is 17.7 Å². The van der Waals surface area contributed by atoms with Gasteiger partial charge in [-0.15, -0.1) is 0 Å². The van der Waals surface area contributed by atoms with Crippen LogP contribution in [-0.2, 0) is 11.4 Å². The molecule has 0 spiro atoms. The summed E-state index contributed by atoms with van der Waals surface area (Å²) >= 11 is 13.7. The zero-order chi connectivity index (χ0) is 25.7. The zero-order valence-corrected chi connectivity index (χ0v) is 22.6. The number of halogens is 2. The third-order valence-corrected chi connectivity index (χ3v) is 7.09. The normalized spacial score (nSPS) is 15.7. The highest BCUT2D eigenvalue weighted by molar-refractivity contribution is 8.18. The van der Waals surface area contributed by atoms with E-state index in [1.54, 1.807) is 24.1 Å². The van der Waals surface area contributed by atoms with Gasteiger partial charge in [0, 0.05) is 27.7 Å². The number of amides is 1. The van der Waals surface area contributed by atoms with Gasteiger partial charge in [0.2, 0.25) is 0 Å². The summed E-state index contributed by atoms with van der Waals surface area (Å²) in [6, 6.07) is 18.8. The number of thioether (sulfide) groups is 1. The molecule has 1 amide bonds. The second-order valence-electron chi connectivity index (χ2n) is 8.20.